The number of carbonyl (C=O) groups is 1. The maximum Gasteiger partial charge on any atom is 0.228 e. The summed E-state index contributed by atoms with van der Waals surface area (Å²) in [5.74, 6) is 0.854. The number of nitrogens with two attached hydrogens (primary N) is 1. The van der Waals surface area contributed by atoms with Crippen molar-refractivity contribution in [1.29, 1.82) is 0 Å². The van der Waals surface area contributed by atoms with Crippen molar-refractivity contribution in [2.45, 2.75) is 25.8 Å². The summed E-state index contributed by atoms with van der Waals surface area (Å²) in [6.45, 7) is 3.14. The molecule has 17 heavy (non-hydrogen) atoms. The number of amides is 1. The van der Waals surface area contributed by atoms with Gasteiger partial charge in [-0.1, -0.05) is 19.1 Å². The van der Waals surface area contributed by atoms with Crippen molar-refractivity contribution in [3.63, 3.8) is 0 Å². The van der Waals surface area contributed by atoms with E-state index in [0.717, 1.165) is 17.9 Å². The van der Waals surface area contributed by atoms with E-state index in [4.69, 9.17) is 10.5 Å². The first-order valence-corrected chi connectivity index (χ1v) is 6.00. The molecule has 0 saturated carbocycles. The minimum absolute atomic E-state index is 0.0579. The summed E-state index contributed by atoms with van der Waals surface area (Å²) in [6.07, 6.45) is 1.21. The van der Waals surface area contributed by atoms with Gasteiger partial charge >= 0.3 is 0 Å². The lowest BCUT2D eigenvalue weighted by molar-refractivity contribution is -0.119. The van der Waals surface area contributed by atoms with Crippen LogP contribution in [0.1, 0.15) is 19.8 Å². The Morgan fingerprint density at radius 3 is 3.06 bits per heavy atom. The predicted octanol–water partition coefficient (Wildman–Crippen LogP) is 1.54. The first kappa shape index (κ1) is 11.9. The molecule has 1 aromatic carbocycles. The second kappa shape index (κ2) is 5.19. The number of para-hydroxylation sites is 2. The van der Waals surface area contributed by atoms with Gasteiger partial charge in [-0.3, -0.25) is 4.79 Å². The van der Waals surface area contributed by atoms with Gasteiger partial charge in [-0.2, -0.15) is 0 Å². The lowest BCUT2D eigenvalue weighted by Crippen LogP contribution is -2.40. The van der Waals surface area contributed by atoms with E-state index in [-0.39, 0.29) is 11.9 Å². The Balaban J connectivity index is 2.15. The topological polar surface area (TPSA) is 55.6 Å². The lowest BCUT2D eigenvalue weighted by atomic mass is 10.1. The second-order valence-corrected chi connectivity index (χ2v) is 4.23. The molecule has 0 saturated heterocycles. The van der Waals surface area contributed by atoms with Crippen LogP contribution in [0.5, 0.6) is 5.75 Å². The maximum atomic E-state index is 12.1. The molecule has 2 rings (SSSR count). The minimum Gasteiger partial charge on any atom is -0.490 e. The molecule has 0 fully saturated rings. The van der Waals surface area contributed by atoms with Crippen LogP contribution in [0.2, 0.25) is 0 Å². The predicted molar refractivity (Wildman–Crippen MR) is 67.2 cm³/mol. The maximum absolute atomic E-state index is 12.1. The molecule has 0 radical (unpaired) electrons. The molecule has 1 unspecified atom stereocenters. The molecule has 1 heterocycles. The Kier molecular flexibility index (Phi) is 3.64. The number of fused-ring (bicyclic) bond motifs is 1. The van der Waals surface area contributed by atoms with Gasteiger partial charge in [0.05, 0.1) is 12.2 Å². The molecule has 0 aromatic heterocycles. The van der Waals surface area contributed by atoms with Crippen molar-refractivity contribution in [3.8, 4) is 5.75 Å². The summed E-state index contributed by atoms with van der Waals surface area (Å²) in [6, 6.07) is 7.55. The molecule has 1 aliphatic rings. The molecule has 4 heteroatoms. The summed E-state index contributed by atoms with van der Waals surface area (Å²) >= 11 is 0. The van der Waals surface area contributed by atoms with E-state index in [1.54, 1.807) is 4.90 Å². The Labute approximate surface area is 101 Å². The van der Waals surface area contributed by atoms with Crippen LogP contribution in [0, 0.1) is 0 Å². The Morgan fingerprint density at radius 1 is 1.53 bits per heavy atom. The van der Waals surface area contributed by atoms with Crippen LogP contribution in [0.25, 0.3) is 0 Å². The van der Waals surface area contributed by atoms with Gasteiger partial charge in [-0.25, -0.2) is 0 Å². The van der Waals surface area contributed by atoms with Crippen LogP contribution in [0.4, 0.5) is 5.69 Å². The quantitative estimate of drug-likeness (QED) is 0.863. The zero-order valence-corrected chi connectivity index (χ0v) is 10.1. The number of hydrogen-bond donors (Lipinski definition) is 1. The average molecular weight is 234 g/mol. The molecule has 2 N–H and O–H groups in total. The standard InChI is InChI=1S/C13H18N2O2/c1-2-10(14)9-13(16)15-7-8-17-12-6-4-3-5-11(12)15/h3-6,10H,2,7-9,14H2,1H3. The number of nitrogens with zero attached hydrogens (tertiary/aromatic N) is 1. The Bertz CT molecular complexity index is 406. The molecule has 0 spiro atoms. The average Bonchev–Trinajstić information content (AvgIpc) is 2.37. The van der Waals surface area contributed by atoms with Gasteiger partial charge in [0, 0.05) is 12.5 Å². The van der Waals surface area contributed by atoms with Crippen molar-refractivity contribution in [2.24, 2.45) is 5.73 Å². The van der Waals surface area contributed by atoms with Crippen molar-refractivity contribution >= 4 is 11.6 Å². The molecule has 1 amide bonds. The van der Waals surface area contributed by atoms with Gasteiger partial charge in [-0.15, -0.1) is 0 Å². The van der Waals surface area contributed by atoms with Gasteiger partial charge < -0.3 is 15.4 Å². The fourth-order valence-corrected chi connectivity index (χ4v) is 1.91. The molecular formula is C13H18N2O2. The molecular weight excluding hydrogens is 216 g/mol. The van der Waals surface area contributed by atoms with E-state index in [2.05, 4.69) is 0 Å². The second-order valence-electron chi connectivity index (χ2n) is 4.23. The number of benzene rings is 1. The fourth-order valence-electron chi connectivity index (χ4n) is 1.91. The van der Waals surface area contributed by atoms with E-state index in [0.29, 0.717) is 19.6 Å². The Hall–Kier alpha value is -1.55. The summed E-state index contributed by atoms with van der Waals surface area (Å²) in [5, 5.41) is 0. The van der Waals surface area contributed by atoms with Crippen molar-refractivity contribution < 1.29 is 9.53 Å². The fraction of sp³-hybridized carbons (Fsp3) is 0.462. The van der Waals surface area contributed by atoms with Crippen LogP contribution in [0.3, 0.4) is 0 Å². The third-order valence-electron chi connectivity index (χ3n) is 2.99. The summed E-state index contributed by atoms with van der Waals surface area (Å²) in [4.78, 5) is 13.9. The van der Waals surface area contributed by atoms with E-state index in [1.807, 2.05) is 31.2 Å². The highest BCUT2D eigenvalue weighted by Crippen LogP contribution is 2.31. The zero-order chi connectivity index (χ0) is 12.3. The monoisotopic (exact) mass is 234 g/mol. The normalized spacial score (nSPS) is 16.0. The van der Waals surface area contributed by atoms with E-state index in [9.17, 15) is 4.79 Å². The lowest BCUT2D eigenvalue weighted by Gasteiger charge is -2.30. The third-order valence-corrected chi connectivity index (χ3v) is 2.99. The highest BCUT2D eigenvalue weighted by Gasteiger charge is 2.23. The first-order chi connectivity index (χ1) is 8.22. The van der Waals surface area contributed by atoms with Gasteiger partial charge in [0.1, 0.15) is 12.4 Å². The molecule has 1 aromatic rings. The van der Waals surface area contributed by atoms with Gasteiger partial charge in [0.2, 0.25) is 5.91 Å². The highest BCUT2D eigenvalue weighted by atomic mass is 16.5. The van der Waals surface area contributed by atoms with Gasteiger partial charge in [0.25, 0.3) is 0 Å². The number of carbonyl (C=O) groups excluding carboxylic acids is 1. The molecule has 1 aliphatic heterocycles. The smallest absolute Gasteiger partial charge is 0.228 e. The molecule has 1 atom stereocenters. The van der Waals surface area contributed by atoms with Crippen LogP contribution in [-0.4, -0.2) is 25.1 Å². The van der Waals surface area contributed by atoms with Gasteiger partial charge in [-0.05, 0) is 18.6 Å². The zero-order valence-electron chi connectivity index (χ0n) is 10.1. The third kappa shape index (κ3) is 2.58. The van der Waals surface area contributed by atoms with Crippen LogP contribution in [0.15, 0.2) is 24.3 Å². The first-order valence-electron chi connectivity index (χ1n) is 6.00. The van der Waals surface area contributed by atoms with Crippen molar-refractivity contribution in [1.82, 2.24) is 0 Å². The van der Waals surface area contributed by atoms with E-state index >= 15 is 0 Å². The van der Waals surface area contributed by atoms with Gasteiger partial charge in [0.15, 0.2) is 0 Å². The minimum atomic E-state index is -0.0579. The number of ether oxygens (including phenoxy) is 1. The van der Waals surface area contributed by atoms with Crippen LogP contribution >= 0.6 is 0 Å². The molecule has 92 valence electrons. The number of rotatable bonds is 3. The number of hydrogen-bond acceptors (Lipinski definition) is 3. The summed E-state index contributed by atoms with van der Waals surface area (Å²) in [7, 11) is 0. The molecule has 0 aliphatic carbocycles. The molecule has 4 nitrogen and oxygen atoms in total. The molecule has 0 bridgehead atoms. The van der Waals surface area contributed by atoms with E-state index in [1.165, 1.54) is 0 Å². The SMILES string of the molecule is CCC(N)CC(=O)N1CCOc2ccccc21. The van der Waals surface area contributed by atoms with Crippen LogP contribution in [-0.2, 0) is 4.79 Å². The van der Waals surface area contributed by atoms with Crippen LogP contribution < -0.4 is 15.4 Å². The number of anilines is 1. The van der Waals surface area contributed by atoms with E-state index < -0.39 is 0 Å². The van der Waals surface area contributed by atoms with Crippen molar-refractivity contribution in [3.05, 3.63) is 24.3 Å². The largest absolute Gasteiger partial charge is 0.490 e. The Morgan fingerprint density at radius 2 is 2.29 bits per heavy atom. The summed E-state index contributed by atoms with van der Waals surface area (Å²) < 4.78 is 5.51. The highest BCUT2D eigenvalue weighted by molar-refractivity contribution is 5.95. The summed E-state index contributed by atoms with van der Waals surface area (Å²) in [5.41, 5.74) is 6.68. The van der Waals surface area contributed by atoms with Crippen molar-refractivity contribution in [2.75, 3.05) is 18.1 Å².